The molecule has 0 radical (unpaired) electrons. The van der Waals surface area contributed by atoms with Gasteiger partial charge in [-0.3, -0.25) is 10.4 Å². The molecule has 0 spiro atoms. The van der Waals surface area contributed by atoms with Gasteiger partial charge < -0.3 is 5.73 Å². The first-order valence-electron chi connectivity index (χ1n) is 4.20. The number of nitrogens with two attached hydrogens (primary N) is 1. The molecule has 1 aromatic heterocycles. The van der Waals surface area contributed by atoms with Crippen LogP contribution in [0.3, 0.4) is 0 Å². The van der Waals surface area contributed by atoms with Gasteiger partial charge in [0.25, 0.3) is 0 Å². The minimum atomic E-state index is 0.338. The van der Waals surface area contributed by atoms with Gasteiger partial charge in [-0.15, -0.1) is 0 Å². The van der Waals surface area contributed by atoms with E-state index >= 15 is 0 Å². The third kappa shape index (κ3) is 2.40. The number of pyridine rings is 1. The van der Waals surface area contributed by atoms with Gasteiger partial charge in [-0.1, -0.05) is 13.0 Å². The van der Waals surface area contributed by atoms with Crippen LogP contribution in [0.25, 0.3) is 0 Å². The smallest absolute Gasteiger partial charge is 0.0879 e. The van der Waals surface area contributed by atoms with E-state index in [0.717, 1.165) is 6.42 Å². The minimum absolute atomic E-state index is 0.338. The minimum Gasteiger partial charge on any atom is -0.405 e. The van der Waals surface area contributed by atoms with Crippen LogP contribution in [0.15, 0.2) is 30.6 Å². The van der Waals surface area contributed by atoms with Gasteiger partial charge in [0.05, 0.1) is 11.4 Å². The molecule has 0 unspecified atom stereocenters. The highest BCUT2D eigenvalue weighted by Crippen LogP contribution is 2.01. The Morgan fingerprint density at radius 3 is 2.85 bits per heavy atom. The average Bonchev–Trinajstić information content (AvgIpc) is 2.18. The number of hydrogen-bond donors (Lipinski definition) is 2. The van der Waals surface area contributed by atoms with Crippen LogP contribution in [0.5, 0.6) is 0 Å². The Kier molecular flexibility index (Phi) is 3.20. The van der Waals surface area contributed by atoms with Crippen LogP contribution in [0.4, 0.5) is 0 Å². The third-order valence-corrected chi connectivity index (χ3v) is 1.77. The Labute approximate surface area is 77.8 Å². The monoisotopic (exact) mass is 175 g/mol. The summed E-state index contributed by atoms with van der Waals surface area (Å²) in [4.78, 5) is 4.14. The highest BCUT2D eigenvalue weighted by molar-refractivity contribution is 6.04. The molecule has 3 nitrogen and oxygen atoms in total. The van der Waals surface area contributed by atoms with E-state index in [0.29, 0.717) is 11.4 Å². The van der Waals surface area contributed by atoms with Crippen molar-refractivity contribution >= 4 is 5.71 Å². The van der Waals surface area contributed by atoms with Crippen molar-refractivity contribution < 1.29 is 0 Å². The molecule has 0 saturated carbocycles. The summed E-state index contributed by atoms with van der Waals surface area (Å²) in [6.45, 7) is 2.07. The molecule has 0 atom stereocenters. The van der Waals surface area contributed by atoms with Gasteiger partial charge in [0, 0.05) is 6.20 Å². The van der Waals surface area contributed by atoms with Gasteiger partial charge in [-0.05, 0) is 30.3 Å². The Balaban J connectivity index is 2.85. The van der Waals surface area contributed by atoms with Crippen molar-refractivity contribution in [3.63, 3.8) is 0 Å². The SMILES string of the molecule is CCc1ccc(C(=N)/C=C/N)nc1. The van der Waals surface area contributed by atoms with Crippen LogP contribution in [-0.4, -0.2) is 10.7 Å². The van der Waals surface area contributed by atoms with Crippen LogP contribution in [-0.2, 0) is 6.42 Å². The van der Waals surface area contributed by atoms with Crippen molar-refractivity contribution in [3.05, 3.63) is 41.9 Å². The van der Waals surface area contributed by atoms with Crippen molar-refractivity contribution in [2.24, 2.45) is 5.73 Å². The quantitative estimate of drug-likeness (QED) is 0.683. The molecule has 0 aliphatic heterocycles. The Hall–Kier alpha value is -1.64. The molecule has 1 rings (SSSR count). The molecule has 1 heterocycles. The van der Waals surface area contributed by atoms with Gasteiger partial charge in [0.15, 0.2) is 0 Å². The molecule has 0 aliphatic carbocycles. The molecule has 68 valence electrons. The summed E-state index contributed by atoms with van der Waals surface area (Å²) in [6.07, 6.45) is 5.62. The lowest BCUT2D eigenvalue weighted by Gasteiger charge is -1.99. The summed E-state index contributed by atoms with van der Waals surface area (Å²) in [5.41, 5.74) is 7.34. The van der Waals surface area contributed by atoms with E-state index in [-0.39, 0.29) is 0 Å². The van der Waals surface area contributed by atoms with Crippen LogP contribution in [0.1, 0.15) is 18.2 Å². The molecular weight excluding hydrogens is 162 g/mol. The first kappa shape index (κ1) is 9.45. The lowest BCUT2D eigenvalue weighted by atomic mass is 10.2. The molecule has 13 heavy (non-hydrogen) atoms. The van der Waals surface area contributed by atoms with Crippen LogP contribution >= 0.6 is 0 Å². The molecule has 0 saturated heterocycles. The fourth-order valence-electron chi connectivity index (χ4n) is 0.975. The number of aryl methyl sites for hydroxylation is 1. The zero-order valence-corrected chi connectivity index (χ0v) is 7.62. The first-order chi connectivity index (χ1) is 6.27. The predicted molar refractivity (Wildman–Crippen MR) is 53.8 cm³/mol. The molecular formula is C10H13N3. The van der Waals surface area contributed by atoms with Crippen LogP contribution in [0, 0.1) is 5.41 Å². The van der Waals surface area contributed by atoms with E-state index in [1.165, 1.54) is 17.8 Å². The lowest BCUT2D eigenvalue weighted by Crippen LogP contribution is -1.99. The Morgan fingerprint density at radius 1 is 1.62 bits per heavy atom. The summed E-state index contributed by atoms with van der Waals surface area (Å²) in [7, 11) is 0. The second-order valence-corrected chi connectivity index (χ2v) is 2.68. The summed E-state index contributed by atoms with van der Waals surface area (Å²) < 4.78 is 0. The topological polar surface area (TPSA) is 62.8 Å². The second-order valence-electron chi connectivity index (χ2n) is 2.68. The number of allylic oxidation sites excluding steroid dienone is 1. The molecule has 3 heteroatoms. The highest BCUT2D eigenvalue weighted by Gasteiger charge is 1.97. The normalized spacial score (nSPS) is 10.5. The highest BCUT2D eigenvalue weighted by atomic mass is 14.7. The maximum atomic E-state index is 7.53. The van der Waals surface area contributed by atoms with E-state index in [4.69, 9.17) is 11.1 Å². The summed E-state index contributed by atoms with van der Waals surface area (Å²) >= 11 is 0. The fraction of sp³-hybridized carbons (Fsp3) is 0.200. The first-order valence-corrected chi connectivity index (χ1v) is 4.20. The zero-order valence-electron chi connectivity index (χ0n) is 7.62. The number of nitrogens with one attached hydrogen (secondary N) is 1. The van der Waals surface area contributed by atoms with Crippen LogP contribution < -0.4 is 5.73 Å². The van der Waals surface area contributed by atoms with Crippen molar-refractivity contribution in [1.82, 2.24) is 4.98 Å². The maximum Gasteiger partial charge on any atom is 0.0879 e. The number of rotatable bonds is 3. The molecule has 0 aromatic carbocycles. The van der Waals surface area contributed by atoms with Crippen molar-refractivity contribution in [1.29, 1.82) is 5.41 Å². The maximum absolute atomic E-state index is 7.53. The Bertz CT molecular complexity index is 311. The third-order valence-electron chi connectivity index (χ3n) is 1.77. The summed E-state index contributed by atoms with van der Waals surface area (Å²) in [5.74, 6) is 0. The van der Waals surface area contributed by atoms with Crippen molar-refractivity contribution in [2.75, 3.05) is 0 Å². The van der Waals surface area contributed by atoms with Gasteiger partial charge >= 0.3 is 0 Å². The van der Waals surface area contributed by atoms with Crippen molar-refractivity contribution in [2.45, 2.75) is 13.3 Å². The van der Waals surface area contributed by atoms with Gasteiger partial charge in [0.1, 0.15) is 0 Å². The van der Waals surface area contributed by atoms with Gasteiger partial charge in [-0.25, -0.2) is 0 Å². The fourth-order valence-corrected chi connectivity index (χ4v) is 0.975. The van der Waals surface area contributed by atoms with Crippen LogP contribution in [0.2, 0.25) is 0 Å². The molecule has 1 aromatic rings. The van der Waals surface area contributed by atoms with E-state index in [9.17, 15) is 0 Å². The van der Waals surface area contributed by atoms with Gasteiger partial charge in [0.2, 0.25) is 0 Å². The number of hydrogen-bond acceptors (Lipinski definition) is 3. The van der Waals surface area contributed by atoms with E-state index in [1.54, 1.807) is 6.20 Å². The number of nitrogens with zero attached hydrogens (tertiary/aromatic N) is 1. The largest absolute Gasteiger partial charge is 0.405 e. The van der Waals surface area contributed by atoms with E-state index in [2.05, 4.69) is 11.9 Å². The zero-order chi connectivity index (χ0) is 9.68. The second kappa shape index (κ2) is 4.40. The molecule has 0 bridgehead atoms. The lowest BCUT2D eigenvalue weighted by molar-refractivity contribution is 1.10. The predicted octanol–water partition coefficient (Wildman–Crippen LogP) is 1.48. The Morgan fingerprint density at radius 2 is 2.38 bits per heavy atom. The molecule has 0 amide bonds. The number of aromatic nitrogens is 1. The van der Waals surface area contributed by atoms with E-state index < -0.39 is 0 Å². The standard InChI is InChI=1S/C10H13N3/c1-2-8-3-4-10(13-7-8)9(12)5-6-11/h3-7,12H,2,11H2,1H3/b6-5+,12-9?. The molecule has 3 N–H and O–H groups in total. The summed E-state index contributed by atoms with van der Waals surface area (Å²) in [5, 5.41) is 7.53. The van der Waals surface area contributed by atoms with Gasteiger partial charge in [-0.2, -0.15) is 0 Å². The molecule has 0 fully saturated rings. The average molecular weight is 175 g/mol. The molecule has 0 aliphatic rings. The van der Waals surface area contributed by atoms with Crippen molar-refractivity contribution in [3.8, 4) is 0 Å². The van der Waals surface area contributed by atoms with E-state index in [1.807, 2.05) is 12.1 Å². The summed E-state index contributed by atoms with van der Waals surface area (Å²) in [6, 6.07) is 3.81.